The Balaban J connectivity index is 1.52. The summed E-state index contributed by atoms with van der Waals surface area (Å²) in [6.45, 7) is 4.06. The molecule has 0 saturated carbocycles. The van der Waals surface area contributed by atoms with Crippen molar-refractivity contribution >= 4 is 52.4 Å². The number of ether oxygens (including phenoxy) is 1. The van der Waals surface area contributed by atoms with Crippen LogP contribution < -0.4 is 15.5 Å². The molecule has 0 aliphatic carbocycles. The Morgan fingerprint density at radius 3 is 2.35 bits per heavy atom. The largest absolute Gasteiger partial charge is 0.462 e. The lowest BCUT2D eigenvalue weighted by atomic mass is 10.1. The fourth-order valence-electron chi connectivity index (χ4n) is 3.70. The summed E-state index contributed by atoms with van der Waals surface area (Å²) in [5.74, 6) is -2.32. The normalized spacial score (nSPS) is 13.1. The Labute approximate surface area is 218 Å². The van der Waals surface area contributed by atoms with Crippen molar-refractivity contribution in [1.29, 1.82) is 0 Å². The maximum Gasteiger partial charge on any atom is 0.338 e. The third-order valence-electron chi connectivity index (χ3n) is 5.47. The molecule has 1 aliphatic rings. The van der Waals surface area contributed by atoms with Gasteiger partial charge in [0.15, 0.2) is 0 Å². The van der Waals surface area contributed by atoms with Gasteiger partial charge in [-0.1, -0.05) is 42.8 Å². The van der Waals surface area contributed by atoms with Gasteiger partial charge in [-0.15, -0.1) is 0 Å². The van der Waals surface area contributed by atoms with Crippen molar-refractivity contribution in [2.75, 3.05) is 22.1 Å². The maximum atomic E-state index is 13.2. The second-order valence-corrected chi connectivity index (χ2v) is 8.73. The van der Waals surface area contributed by atoms with Gasteiger partial charge in [-0.3, -0.25) is 14.4 Å². The number of benzene rings is 3. The van der Waals surface area contributed by atoms with Crippen LogP contribution in [0.1, 0.15) is 39.6 Å². The van der Waals surface area contributed by atoms with Gasteiger partial charge < -0.3 is 15.4 Å². The average molecular weight is 518 g/mol. The number of hydrogen-bond donors (Lipinski definition) is 2. The molecule has 4 rings (SSSR count). The minimum atomic E-state index is -0.735. The SMILES string of the molecule is CCCOC(=O)c1cccc(N2C(=O)C(Cl)=C(Nc3cccc(C(=O)Nc4cccc(C)c4)c3)C2=O)c1. The van der Waals surface area contributed by atoms with E-state index in [9.17, 15) is 19.2 Å². The van der Waals surface area contributed by atoms with Crippen LogP contribution in [-0.2, 0) is 14.3 Å². The molecule has 3 amide bonds. The quantitative estimate of drug-likeness (QED) is 0.312. The number of rotatable bonds is 8. The first-order valence-electron chi connectivity index (χ1n) is 11.6. The molecule has 37 heavy (non-hydrogen) atoms. The van der Waals surface area contributed by atoms with Crippen LogP contribution in [0.15, 0.2) is 83.5 Å². The monoisotopic (exact) mass is 517 g/mol. The molecule has 0 spiro atoms. The zero-order valence-electron chi connectivity index (χ0n) is 20.2. The first-order valence-corrected chi connectivity index (χ1v) is 12.0. The first kappa shape index (κ1) is 25.7. The van der Waals surface area contributed by atoms with Crippen LogP contribution in [0.5, 0.6) is 0 Å². The van der Waals surface area contributed by atoms with Gasteiger partial charge in [0, 0.05) is 16.9 Å². The predicted molar refractivity (Wildman–Crippen MR) is 142 cm³/mol. The lowest BCUT2D eigenvalue weighted by molar-refractivity contribution is -0.120. The van der Waals surface area contributed by atoms with E-state index in [0.717, 1.165) is 10.5 Å². The summed E-state index contributed by atoms with van der Waals surface area (Å²) >= 11 is 6.25. The summed E-state index contributed by atoms with van der Waals surface area (Å²) in [4.78, 5) is 51.9. The van der Waals surface area contributed by atoms with Crippen molar-refractivity contribution in [2.45, 2.75) is 20.3 Å². The molecule has 0 atom stereocenters. The van der Waals surface area contributed by atoms with Crippen LogP contribution >= 0.6 is 11.6 Å². The van der Waals surface area contributed by atoms with E-state index in [2.05, 4.69) is 10.6 Å². The molecule has 0 aromatic heterocycles. The highest BCUT2D eigenvalue weighted by Crippen LogP contribution is 2.31. The molecule has 0 unspecified atom stereocenters. The Kier molecular flexibility index (Phi) is 7.69. The smallest absolute Gasteiger partial charge is 0.338 e. The number of halogens is 1. The van der Waals surface area contributed by atoms with Crippen LogP contribution in [0.4, 0.5) is 17.1 Å². The minimum absolute atomic E-state index is 0.137. The minimum Gasteiger partial charge on any atom is -0.462 e. The Morgan fingerprint density at radius 2 is 1.59 bits per heavy atom. The fourth-order valence-corrected chi connectivity index (χ4v) is 3.92. The van der Waals surface area contributed by atoms with Gasteiger partial charge in [-0.25, -0.2) is 9.69 Å². The van der Waals surface area contributed by atoms with E-state index in [1.165, 1.54) is 18.2 Å². The molecule has 1 aliphatic heterocycles. The number of esters is 1. The number of carbonyl (C=O) groups is 4. The van der Waals surface area contributed by atoms with Gasteiger partial charge in [0.25, 0.3) is 17.7 Å². The van der Waals surface area contributed by atoms with Crippen molar-refractivity contribution in [3.8, 4) is 0 Å². The number of aryl methyl sites for hydroxylation is 1. The first-order chi connectivity index (χ1) is 17.8. The number of carbonyl (C=O) groups excluding carboxylic acids is 4. The topological polar surface area (TPSA) is 105 Å². The number of hydrogen-bond acceptors (Lipinski definition) is 6. The van der Waals surface area contributed by atoms with Gasteiger partial charge in [0.1, 0.15) is 10.7 Å². The van der Waals surface area contributed by atoms with Crippen molar-refractivity contribution in [3.05, 3.63) is 100 Å². The van der Waals surface area contributed by atoms with Gasteiger partial charge in [0.2, 0.25) is 0 Å². The second-order valence-electron chi connectivity index (χ2n) is 8.35. The third-order valence-corrected chi connectivity index (χ3v) is 5.83. The van der Waals surface area contributed by atoms with E-state index < -0.39 is 17.8 Å². The molecule has 2 N–H and O–H groups in total. The molecule has 0 saturated heterocycles. The lowest BCUT2D eigenvalue weighted by Crippen LogP contribution is -2.32. The van der Waals surface area contributed by atoms with E-state index >= 15 is 0 Å². The standard InChI is InChI=1S/C28H24ClN3O5/c1-3-13-37-28(36)19-9-6-12-22(16-19)32-26(34)23(29)24(27(32)35)30-21-11-5-8-18(15-21)25(33)31-20-10-4-7-17(2)14-20/h4-12,14-16,30H,3,13H2,1-2H3,(H,31,33). The van der Waals surface area contributed by atoms with Crippen molar-refractivity contribution in [2.24, 2.45) is 0 Å². The molecule has 188 valence electrons. The number of nitrogens with one attached hydrogen (secondary N) is 2. The van der Waals surface area contributed by atoms with E-state index in [-0.39, 0.29) is 34.5 Å². The van der Waals surface area contributed by atoms with Crippen LogP contribution in [0.25, 0.3) is 0 Å². The van der Waals surface area contributed by atoms with E-state index in [0.29, 0.717) is 23.4 Å². The van der Waals surface area contributed by atoms with Crippen molar-refractivity contribution in [1.82, 2.24) is 0 Å². The van der Waals surface area contributed by atoms with Gasteiger partial charge in [-0.2, -0.15) is 0 Å². The molecule has 0 fully saturated rings. The molecule has 9 heteroatoms. The highest BCUT2D eigenvalue weighted by atomic mass is 35.5. The van der Waals surface area contributed by atoms with Crippen molar-refractivity contribution in [3.63, 3.8) is 0 Å². The van der Waals surface area contributed by atoms with Gasteiger partial charge in [-0.05, 0) is 67.4 Å². The summed E-state index contributed by atoms with van der Waals surface area (Å²) in [6, 6.07) is 19.9. The lowest BCUT2D eigenvalue weighted by Gasteiger charge is -2.16. The van der Waals surface area contributed by atoms with E-state index in [4.69, 9.17) is 16.3 Å². The predicted octanol–water partition coefficient (Wildman–Crippen LogP) is 5.25. The van der Waals surface area contributed by atoms with Crippen LogP contribution in [-0.4, -0.2) is 30.3 Å². The molecule has 3 aromatic carbocycles. The number of nitrogens with zero attached hydrogens (tertiary/aromatic N) is 1. The van der Waals surface area contributed by atoms with Crippen LogP contribution in [0, 0.1) is 6.92 Å². The fraction of sp³-hybridized carbons (Fsp3) is 0.143. The van der Waals surface area contributed by atoms with Gasteiger partial charge in [0.05, 0.1) is 17.9 Å². The highest BCUT2D eigenvalue weighted by molar-refractivity contribution is 6.53. The third kappa shape index (κ3) is 5.70. The Hall–Kier alpha value is -4.43. The maximum absolute atomic E-state index is 13.2. The summed E-state index contributed by atoms with van der Waals surface area (Å²) in [6.07, 6.45) is 0.665. The van der Waals surface area contributed by atoms with Gasteiger partial charge >= 0.3 is 5.97 Å². The number of anilines is 3. The molecule has 0 bridgehead atoms. The summed E-state index contributed by atoms with van der Waals surface area (Å²) < 4.78 is 5.13. The van der Waals surface area contributed by atoms with E-state index in [1.807, 2.05) is 32.0 Å². The van der Waals surface area contributed by atoms with Crippen LogP contribution in [0.3, 0.4) is 0 Å². The van der Waals surface area contributed by atoms with Crippen LogP contribution in [0.2, 0.25) is 0 Å². The summed E-state index contributed by atoms with van der Waals surface area (Å²) in [5, 5.41) is 5.39. The number of amides is 3. The average Bonchev–Trinajstić information content (AvgIpc) is 3.10. The summed E-state index contributed by atoms with van der Waals surface area (Å²) in [7, 11) is 0. The molecule has 0 radical (unpaired) electrons. The summed E-state index contributed by atoms with van der Waals surface area (Å²) in [5.41, 5.74) is 2.65. The molecular formula is C28H24ClN3O5. The molecule has 8 nitrogen and oxygen atoms in total. The number of imide groups is 1. The zero-order valence-corrected chi connectivity index (χ0v) is 21.0. The Bertz CT molecular complexity index is 1430. The zero-order chi connectivity index (χ0) is 26.5. The molecule has 1 heterocycles. The van der Waals surface area contributed by atoms with Crippen molar-refractivity contribution < 1.29 is 23.9 Å². The van der Waals surface area contributed by atoms with E-state index in [1.54, 1.807) is 36.4 Å². The Morgan fingerprint density at radius 1 is 0.892 bits per heavy atom. The molecular weight excluding hydrogens is 494 g/mol. The second kappa shape index (κ2) is 11.1. The molecule has 3 aromatic rings. The highest BCUT2D eigenvalue weighted by Gasteiger charge is 2.39.